The standard InChI is InChI=1S/C23H29N3O3/c1-29-23(28)21-13-18(15-26(21)14-16-7-3-2-4-8-16)24-22(27)20-12-11-17-9-5-6-10-19(17)25-20/h5-6,9-12,16,18,21H,2-4,7-8,13-15H2,1H3,(H,24,27)/t18-,21+/m1/s1. The molecule has 29 heavy (non-hydrogen) atoms. The SMILES string of the molecule is COC(=O)[C@@H]1C[C@@H](NC(=O)c2ccc3ccccc3n2)CN1CC1CCCCC1. The number of nitrogens with zero attached hydrogens (tertiary/aromatic N) is 2. The molecule has 154 valence electrons. The van der Waals surface area contributed by atoms with Crippen LogP contribution >= 0.6 is 0 Å². The molecule has 0 unspecified atom stereocenters. The van der Waals surface area contributed by atoms with Crippen molar-refractivity contribution in [3.05, 3.63) is 42.1 Å². The number of carbonyl (C=O) groups is 2. The number of carbonyl (C=O) groups excluding carboxylic acids is 2. The van der Waals surface area contributed by atoms with E-state index in [1.54, 1.807) is 6.07 Å². The summed E-state index contributed by atoms with van der Waals surface area (Å²) in [4.78, 5) is 31.8. The summed E-state index contributed by atoms with van der Waals surface area (Å²) < 4.78 is 5.03. The molecule has 0 radical (unpaired) electrons. The zero-order valence-corrected chi connectivity index (χ0v) is 17.0. The molecular weight excluding hydrogens is 366 g/mol. The molecule has 0 bridgehead atoms. The highest BCUT2D eigenvalue weighted by Crippen LogP contribution is 2.28. The van der Waals surface area contributed by atoms with Crippen LogP contribution in [0, 0.1) is 5.92 Å². The lowest BCUT2D eigenvalue weighted by molar-refractivity contribution is -0.146. The Bertz CT molecular complexity index is 879. The number of amides is 1. The quantitative estimate of drug-likeness (QED) is 0.788. The van der Waals surface area contributed by atoms with E-state index in [9.17, 15) is 9.59 Å². The predicted octanol–water partition coefficient (Wildman–Crippen LogP) is 3.16. The monoisotopic (exact) mass is 395 g/mol. The Morgan fingerprint density at radius 2 is 1.93 bits per heavy atom. The van der Waals surface area contributed by atoms with E-state index in [-0.39, 0.29) is 24.0 Å². The van der Waals surface area contributed by atoms with E-state index in [0.717, 1.165) is 17.4 Å². The third-order valence-corrected chi connectivity index (χ3v) is 6.26. The minimum atomic E-state index is -0.281. The van der Waals surface area contributed by atoms with Crippen LogP contribution in [-0.2, 0) is 9.53 Å². The van der Waals surface area contributed by atoms with E-state index in [2.05, 4.69) is 15.2 Å². The lowest BCUT2D eigenvalue weighted by Gasteiger charge is -2.29. The number of hydrogen-bond donors (Lipinski definition) is 1. The number of likely N-dealkylation sites (tertiary alicyclic amines) is 1. The van der Waals surface area contributed by atoms with Gasteiger partial charge in [-0.1, -0.05) is 43.5 Å². The van der Waals surface area contributed by atoms with Crippen molar-refractivity contribution in [2.75, 3.05) is 20.2 Å². The molecule has 4 rings (SSSR count). The summed E-state index contributed by atoms with van der Waals surface area (Å²) in [6.45, 7) is 1.58. The van der Waals surface area contributed by atoms with Gasteiger partial charge >= 0.3 is 5.97 Å². The van der Waals surface area contributed by atoms with Gasteiger partial charge in [-0.3, -0.25) is 14.5 Å². The first kappa shape index (κ1) is 19.8. The van der Waals surface area contributed by atoms with Gasteiger partial charge in [0.15, 0.2) is 0 Å². The minimum absolute atomic E-state index is 0.0801. The molecule has 1 amide bonds. The van der Waals surface area contributed by atoms with Crippen molar-refractivity contribution < 1.29 is 14.3 Å². The van der Waals surface area contributed by atoms with E-state index < -0.39 is 0 Å². The Hall–Kier alpha value is -2.47. The number of benzene rings is 1. The van der Waals surface area contributed by atoms with Crippen molar-refractivity contribution in [2.45, 2.75) is 50.6 Å². The largest absolute Gasteiger partial charge is 0.468 e. The maximum Gasteiger partial charge on any atom is 0.323 e. The van der Waals surface area contributed by atoms with Gasteiger partial charge in [-0.05, 0) is 37.3 Å². The summed E-state index contributed by atoms with van der Waals surface area (Å²) in [5.41, 5.74) is 1.21. The fraction of sp³-hybridized carbons (Fsp3) is 0.522. The Labute approximate surface area is 171 Å². The number of pyridine rings is 1. The van der Waals surface area contributed by atoms with E-state index in [0.29, 0.717) is 24.6 Å². The van der Waals surface area contributed by atoms with Crippen molar-refractivity contribution in [3.63, 3.8) is 0 Å². The van der Waals surface area contributed by atoms with Crippen molar-refractivity contribution in [1.29, 1.82) is 0 Å². The zero-order chi connectivity index (χ0) is 20.2. The summed E-state index contributed by atoms with van der Waals surface area (Å²) >= 11 is 0. The Morgan fingerprint density at radius 3 is 2.72 bits per heavy atom. The van der Waals surface area contributed by atoms with E-state index in [1.165, 1.54) is 39.2 Å². The molecule has 1 aromatic heterocycles. The average Bonchev–Trinajstić information content (AvgIpc) is 3.15. The first-order valence-electron chi connectivity index (χ1n) is 10.6. The zero-order valence-electron chi connectivity index (χ0n) is 17.0. The fourth-order valence-electron chi connectivity index (χ4n) is 4.74. The number of esters is 1. The van der Waals surface area contributed by atoms with Crippen LogP contribution < -0.4 is 5.32 Å². The number of fused-ring (bicyclic) bond motifs is 1. The second kappa shape index (κ2) is 8.91. The van der Waals surface area contributed by atoms with Crippen LogP contribution in [-0.4, -0.2) is 54.0 Å². The molecule has 6 nitrogen and oxygen atoms in total. The average molecular weight is 396 g/mol. The van der Waals surface area contributed by atoms with Crippen LogP contribution in [0.25, 0.3) is 10.9 Å². The van der Waals surface area contributed by atoms with Gasteiger partial charge in [-0.2, -0.15) is 0 Å². The Kier molecular flexibility index (Phi) is 6.09. The fourth-order valence-corrected chi connectivity index (χ4v) is 4.74. The molecule has 0 spiro atoms. The summed E-state index contributed by atoms with van der Waals surface area (Å²) in [7, 11) is 1.44. The summed E-state index contributed by atoms with van der Waals surface area (Å²) in [6.07, 6.45) is 6.89. The molecule has 2 atom stereocenters. The maximum absolute atomic E-state index is 12.8. The highest BCUT2D eigenvalue weighted by molar-refractivity contribution is 5.95. The minimum Gasteiger partial charge on any atom is -0.468 e. The van der Waals surface area contributed by atoms with E-state index in [4.69, 9.17) is 4.74 Å². The molecule has 1 saturated heterocycles. The topological polar surface area (TPSA) is 71.5 Å². The molecule has 1 aliphatic heterocycles. The second-order valence-corrected chi connectivity index (χ2v) is 8.29. The molecule has 2 aliphatic rings. The van der Waals surface area contributed by atoms with Gasteiger partial charge in [0.05, 0.1) is 12.6 Å². The van der Waals surface area contributed by atoms with Crippen LogP contribution in [0.15, 0.2) is 36.4 Å². The van der Waals surface area contributed by atoms with Gasteiger partial charge in [0.25, 0.3) is 5.91 Å². The highest BCUT2D eigenvalue weighted by atomic mass is 16.5. The van der Waals surface area contributed by atoms with Gasteiger partial charge in [0, 0.05) is 24.5 Å². The van der Waals surface area contributed by atoms with E-state index in [1.807, 2.05) is 30.3 Å². The van der Waals surface area contributed by atoms with Gasteiger partial charge in [-0.15, -0.1) is 0 Å². The third kappa shape index (κ3) is 4.58. The van der Waals surface area contributed by atoms with Crippen LogP contribution in [0.1, 0.15) is 49.0 Å². The normalized spacial score (nSPS) is 23.2. The number of ether oxygens (including phenoxy) is 1. The van der Waals surface area contributed by atoms with Crippen LogP contribution in [0.2, 0.25) is 0 Å². The van der Waals surface area contributed by atoms with Crippen LogP contribution in [0.4, 0.5) is 0 Å². The lowest BCUT2D eigenvalue weighted by atomic mass is 9.89. The lowest BCUT2D eigenvalue weighted by Crippen LogP contribution is -2.41. The van der Waals surface area contributed by atoms with Gasteiger partial charge in [0.1, 0.15) is 11.7 Å². The number of para-hydroxylation sites is 1. The maximum atomic E-state index is 12.8. The van der Waals surface area contributed by atoms with Crippen LogP contribution in [0.5, 0.6) is 0 Å². The molecule has 1 aromatic carbocycles. The molecule has 2 heterocycles. The molecule has 6 heteroatoms. The molecule has 2 fully saturated rings. The summed E-state index contributed by atoms with van der Waals surface area (Å²) in [5.74, 6) is 0.234. The third-order valence-electron chi connectivity index (χ3n) is 6.26. The second-order valence-electron chi connectivity index (χ2n) is 8.29. The van der Waals surface area contributed by atoms with Crippen molar-refractivity contribution >= 4 is 22.8 Å². The van der Waals surface area contributed by atoms with Crippen molar-refractivity contribution in [3.8, 4) is 0 Å². The number of methoxy groups -OCH3 is 1. The molecule has 2 aromatic rings. The number of aromatic nitrogens is 1. The highest BCUT2D eigenvalue weighted by Gasteiger charge is 2.39. The smallest absolute Gasteiger partial charge is 0.323 e. The number of hydrogen-bond acceptors (Lipinski definition) is 5. The van der Waals surface area contributed by atoms with Crippen molar-refractivity contribution in [2.24, 2.45) is 5.92 Å². The number of rotatable bonds is 5. The summed E-state index contributed by atoms with van der Waals surface area (Å²) in [5, 5.41) is 4.09. The first-order chi connectivity index (χ1) is 14.1. The molecular formula is C23H29N3O3. The Morgan fingerprint density at radius 1 is 1.14 bits per heavy atom. The van der Waals surface area contributed by atoms with E-state index >= 15 is 0 Å². The van der Waals surface area contributed by atoms with Gasteiger partial charge in [0.2, 0.25) is 0 Å². The Balaban J connectivity index is 1.43. The van der Waals surface area contributed by atoms with Gasteiger partial charge in [-0.25, -0.2) is 4.98 Å². The molecule has 1 aliphatic carbocycles. The molecule has 1 saturated carbocycles. The van der Waals surface area contributed by atoms with Crippen molar-refractivity contribution in [1.82, 2.24) is 15.2 Å². The van der Waals surface area contributed by atoms with Crippen LogP contribution in [0.3, 0.4) is 0 Å². The van der Waals surface area contributed by atoms with Gasteiger partial charge < -0.3 is 10.1 Å². The predicted molar refractivity (Wildman–Crippen MR) is 112 cm³/mol. The first-order valence-corrected chi connectivity index (χ1v) is 10.6. The number of nitrogens with one attached hydrogen (secondary N) is 1. The summed E-state index contributed by atoms with van der Waals surface area (Å²) in [6, 6.07) is 11.1. The molecule has 1 N–H and O–H groups in total.